The van der Waals surface area contributed by atoms with E-state index in [9.17, 15) is 4.79 Å². The molecule has 0 aromatic carbocycles. The van der Waals surface area contributed by atoms with Crippen molar-refractivity contribution >= 4 is 5.97 Å². The summed E-state index contributed by atoms with van der Waals surface area (Å²) in [5, 5.41) is 0. The normalized spacial score (nSPS) is 14.5. The minimum absolute atomic E-state index is 0.249. The van der Waals surface area contributed by atoms with Crippen LogP contribution >= 0.6 is 0 Å². The quantitative estimate of drug-likeness (QED) is 0.517. The number of likely N-dealkylation sites (N-methyl/N-ethyl adjacent to an activating group) is 1. The first-order valence-electron chi connectivity index (χ1n) is 5.35. The molecule has 1 unspecified atom stereocenters. The van der Waals surface area contributed by atoms with Crippen LogP contribution in [0.4, 0.5) is 0 Å². The Balaban J connectivity index is 4.20. The summed E-state index contributed by atoms with van der Waals surface area (Å²) in [6, 6.07) is 0.506. The van der Waals surface area contributed by atoms with Gasteiger partial charge in [-0.3, -0.25) is 4.90 Å². The highest BCUT2D eigenvalue weighted by Gasteiger charge is 2.12. The molecule has 0 saturated heterocycles. The number of ether oxygens (including phenoxy) is 1. The highest BCUT2D eigenvalue weighted by Crippen LogP contribution is 2.08. The number of hydrogen-bond donors (Lipinski definition) is 0. The molecule has 0 fully saturated rings. The third kappa shape index (κ3) is 4.98. The highest BCUT2D eigenvalue weighted by molar-refractivity contribution is 5.87. The van der Waals surface area contributed by atoms with Gasteiger partial charge in [0.2, 0.25) is 0 Å². The summed E-state index contributed by atoms with van der Waals surface area (Å²) < 4.78 is 4.63. The van der Waals surface area contributed by atoms with E-state index in [1.54, 1.807) is 6.92 Å². The molecule has 0 radical (unpaired) electrons. The van der Waals surface area contributed by atoms with Crippen molar-refractivity contribution in [3.05, 3.63) is 11.6 Å². The molecule has 0 rings (SSSR count). The molecule has 0 spiro atoms. The van der Waals surface area contributed by atoms with Crippen LogP contribution in [0.2, 0.25) is 0 Å². The van der Waals surface area contributed by atoms with Gasteiger partial charge in [-0.05, 0) is 26.8 Å². The van der Waals surface area contributed by atoms with Gasteiger partial charge in [-0.15, -0.1) is 0 Å². The number of nitrogens with zero attached hydrogens (tertiary/aromatic N) is 1. The van der Waals surface area contributed by atoms with E-state index >= 15 is 0 Å². The predicted molar refractivity (Wildman–Crippen MR) is 62.7 cm³/mol. The van der Waals surface area contributed by atoms with Crippen LogP contribution in [-0.2, 0) is 9.53 Å². The summed E-state index contributed by atoms with van der Waals surface area (Å²) in [4.78, 5) is 13.3. The molecule has 88 valence electrons. The summed E-state index contributed by atoms with van der Waals surface area (Å²) in [6.45, 7) is 9.13. The SMILES string of the molecule is COC(=O)C(C)=CCN(C)C(C)C(C)C. The molecule has 0 aromatic rings. The Morgan fingerprint density at radius 2 is 1.93 bits per heavy atom. The van der Waals surface area contributed by atoms with Gasteiger partial charge >= 0.3 is 5.97 Å². The number of methoxy groups -OCH3 is 1. The highest BCUT2D eigenvalue weighted by atomic mass is 16.5. The smallest absolute Gasteiger partial charge is 0.333 e. The maximum Gasteiger partial charge on any atom is 0.333 e. The lowest BCUT2D eigenvalue weighted by Crippen LogP contribution is -2.33. The van der Waals surface area contributed by atoms with E-state index in [0.29, 0.717) is 17.5 Å². The number of carbonyl (C=O) groups excluding carboxylic acids is 1. The van der Waals surface area contributed by atoms with Gasteiger partial charge in [-0.25, -0.2) is 4.79 Å². The molecule has 0 aromatic heterocycles. The van der Waals surface area contributed by atoms with Gasteiger partial charge in [-0.2, -0.15) is 0 Å². The van der Waals surface area contributed by atoms with E-state index < -0.39 is 0 Å². The second-order valence-electron chi connectivity index (χ2n) is 4.30. The first-order chi connectivity index (χ1) is 6.90. The lowest BCUT2D eigenvalue weighted by molar-refractivity contribution is -0.136. The summed E-state index contributed by atoms with van der Waals surface area (Å²) >= 11 is 0. The Kier molecular flexibility index (Phi) is 6.25. The second-order valence-corrected chi connectivity index (χ2v) is 4.30. The van der Waals surface area contributed by atoms with Crippen molar-refractivity contribution in [3.63, 3.8) is 0 Å². The van der Waals surface area contributed by atoms with Crippen LogP contribution in [0.15, 0.2) is 11.6 Å². The molecule has 15 heavy (non-hydrogen) atoms. The molecule has 0 saturated carbocycles. The van der Waals surface area contributed by atoms with Crippen LogP contribution < -0.4 is 0 Å². The zero-order chi connectivity index (χ0) is 12.0. The molecule has 0 amide bonds. The number of esters is 1. The minimum atomic E-state index is -0.249. The molecular formula is C12H23NO2. The Labute approximate surface area is 93.1 Å². The van der Waals surface area contributed by atoms with Crippen LogP contribution in [0, 0.1) is 5.92 Å². The molecule has 3 heteroatoms. The van der Waals surface area contributed by atoms with E-state index in [2.05, 4.69) is 37.5 Å². The lowest BCUT2D eigenvalue weighted by Gasteiger charge is -2.26. The first-order valence-corrected chi connectivity index (χ1v) is 5.35. The molecule has 0 aliphatic carbocycles. The summed E-state index contributed by atoms with van der Waals surface area (Å²) in [5.74, 6) is 0.363. The van der Waals surface area contributed by atoms with Gasteiger partial charge in [0.1, 0.15) is 0 Å². The minimum Gasteiger partial charge on any atom is -0.466 e. The number of rotatable bonds is 5. The van der Waals surface area contributed by atoms with E-state index in [-0.39, 0.29) is 5.97 Å². The third-order valence-electron chi connectivity index (χ3n) is 2.85. The average molecular weight is 213 g/mol. The third-order valence-corrected chi connectivity index (χ3v) is 2.85. The monoisotopic (exact) mass is 213 g/mol. The van der Waals surface area contributed by atoms with Crippen molar-refractivity contribution in [2.75, 3.05) is 20.7 Å². The zero-order valence-electron chi connectivity index (χ0n) is 10.7. The average Bonchev–Trinajstić information content (AvgIpc) is 2.22. The second kappa shape index (κ2) is 6.62. The van der Waals surface area contributed by atoms with Crippen LogP contribution in [0.5, 0.6) is 0 Å². The van der Waals surface area contributed by atoms with Crippen LogP contribution in [0.3, 0.4) is 0 Å². The Morgan fingerprint density at radius 1 is 1.40 bits per heavy atom. The largest absolute Gasteiger partial charge is 0.466 e. The van der Waals surface area contributed by atoms with Gasteiger partial charge in [0.15, 0.2) is 0 Å². The lowest BCUT2D eigenvalue weighted by atomic mass is 10.1. The van der Waals surface area contributed by atoms with Crippen molar-refractivity contribution in [1.82, 2.24) is 4.90 Å². The molecule has 3 nitrogen and oxygen atoms in total. The standard InChI is InChI=1S/C12H23NO2/c1-9(2)11(4)13(5)8-7-10(3)12(14)15-6/h7,9,11H,8H2,1-6H3. The van der Waals surface area contributed by atoms with Crippen molar-refractivity contribution in [2.24, 2.45) is 5.92 Å². The molecule has 0 aliphatic heterocycles. The van der Waals surface area contributed by atoms with E-state index in [4.69, 9.17) is 0 Å². The van der Waals surface area contributed by atoms with Crippen LogP contribution in [0.25, 0.3) is 0 Å². The Hall–Kier alpha value is -0.830. The Bertz CT molecular complexity index is 234. The van der Waals surface area contributed by atoms with Gasteiger partial charge in [0.25, 0.3) is 0 Å². The zero-order valence-corrected chi connectivity index (χ0v) is 10.7. The summed E-state index contributed by atoms with van der Waals surface area (Å²) in [6.07, 6.45) is 1.91. The van der Waals surface area contributed by atoms with Gasteiger partial charge in [-0.1, -0.05) is 19.9 Å². The van der Waals surface area contributed by atoms with Gasteiger partial charge in [0.05, 0.1) is 7.11 Å². The molecular weight excluding hydrogens is 190 g/mol. The number of hydrogen-bond acceptors (Lipinski definition) is 3. The summed E-state index contributed by atoms with van der Waals surface area (Å²) in [5.41, 5.74) is 0.667. The van der Waals surface area contributed by atoms with Crippen LogP contribution in [-0.4, -0.2) is 37.6 Å². The fraction of sp³-hybridized carbons (Fsp3) is 0.750. The van der Waals surface area contributed by atoms with Crippen molar-refractivity contribution in [2.45, 2.75) is 33.7 Å². The fourth-order valence-corrected chi connectivity index (χ4v) is 1.20. The molecule has 0 aliphatic rings. The maximum atomic E-state index is 11.1. The molecule has 0 bridgehead atoms. The van der Waals surface area contributed by atoms with E-state index in [1.807, 2.05) is 6.08 Å². The van der Waals surface area contributed by atoms with Crippen molar-refractivity contribution in [1.29, 1.82) is 0 Å². The molecule has 0 heterocycles. The van der Waals surface area contributed by atoms with Gasteiger partial charge < -0.3 is 4.74 Å². The Morgan fingerprint density at radius 3 is 2.33 bits per heavy atom. The fourth-order valence-electron chi connectivity index (χ4n) is 1.20. The van der Waals surface area contributed by atoms with E-state index in [0.717, 1.165) is 6.54 Å². The summed E-state index contributed by atoms with van der Waals surface area (Å²) in [7, 11) is 3.46. The first kappa shape index (κ1) is 14.2. The molecule has 1 atom stereocenters. The maximum absolute atomic E-state index is 11.1. The number of carbonyl (C=O) groups is 1. The molecule has 0 N–H and O–H groups in total. The topological polar surface area (TPSA) is 29.5 Å². The van der Waals surface area contributed by atoms with Crippen molar-refractivity contribution < 1.29 is 9.53 Å². The predicted octanol–water partition coefficient (Wildman–Crippen LogP) is 2.08. The van der Waals surface area contributed by atoms with E-state index in [1.165, 1.54) is 7.11 Å². The van der Waals surface area contributed by atoms with Crippen molar-refractivity contribution in [3.8, 4) is 0 Å². The van der Waals surface area contributed by atoms with Crippen LogP contribution in [0.1, 0.15) is 27.7 Å². The van der Waals surface area contributed by atoms with Gasteiger partial charge in [0, 0.05) is 18.2 Å².